The first kappa shape index (κ1) is 55.8. The minimum absolute atomic E-state index is 0.122. The first-order chi connectivity index (χ1) is 36.7. The Hall–Kier alpha value is -7.41. The Labute approximate surface area is 433 Å². The van der Waals surface area contributed by atoms with Crippen molar-refractivity contribution >= 4 is 24.1 Å². The lowest BCUT2D eigenvalue weighted by atomic mass is 9.97. The highest BCUT2D eigenvalue weighted by molar-refractivity contribution is 5.88. The van der Waals surface area contributed by atoms with Gasteiger partial charge in [0.15, 0.2) is 52.3 Å². The van der Waals surface area contributed by atoms with E-state index in [1.807, 2.05) is 0 Å². The van der Waals surface area contributed by atoms with E-state index in [-0.39, 0.29) is 51.0 Å². The largest absolute Gasteiger partial charge is 0.508 e. The van der Waals surface area contributed by atoms with E-state index in [1.165, 1.54) is 66.7 Å². The average Bonchev–Trinajstić information content (AvgIpc) is 3.42. The summed E-state index contributed by atoms with van der Waals surface area (Å²) in [6.45, 7) is -2.42. The van der Waals surface area contributed by atoms with Crippen molar-refractivity contribution in [3.63, 3.8) is 0 Å². The van der Waals surface area contributed by atoms with Gasteiger partial charge >= 0.3 is 11.9 Å². The number of aliphatic hydroxyl groups is 9. The summed E-state index contributed by atoms with van der Waals surface area (Å²) in [5.41, 5.74) is -0.149. The summed E-state index contributed by atoms with van der Waals surface area (Å²) in [4.78, 5) is 38.8. The highest BCUT2D eigenvalue weighted by Gasteiger charge is 2.52. The maximum Gasteiger partial charge on any atom is 0.330 e. The first-order valence-electron chi connectivity index (χ1n) is 23.3. The van der Waals surface area contributed by atoms with Crippen molar-refractivity contribution in [3.8, 4) is 62.9 Å². The second-order valence-electron chi connectivity index (χ2n) is 17.8. The number of phenolic OH excluding ortho intramolecular Hbond substituents is 5. The number of hydrogen-bond donors (Lipinski definition) is 14. The van der Waals surface area contributed by atoms with Crippen LogP contribution in [0.4, 0.5) is 0 Å². The highest BCUT2D eigenvalue weighted by atomic mass is 16.8. The van der Waals surface area contributed by atoms with Gasteiger partial charge in [-0.1, -0.05) is 12.1 Å². The van der Waals surface area contributed by atoms with Crippen molar-refractivity contribution in [2.24, 2.45) is 0 Å². The molecule has 15 atom stereocenters. The van der Waals surface area contributed by atoms with Crippen molar-refractivity contribution < 1.29 is 123 Å². The molecule has 0 spiro atoms. The number of carbonyl (C=O) groups is 2. The van der Waals surface area contributed by atoms with Gasteiger partial charge < -0.3 is 114 Å². The monoisotopic (exact) mass is 1080 g/mol. The average molecular weight is 1080 g/mol. The smallest absolute Gasteiger partial charge is 0.330 e. The van der Waals surface area contributed by atoms with Crippen LogP contribution < -0.4 is 14.9 Å². The van der Waals surface area contributed by atoms with Crippen LogP contribution in [-0.4, -0.2) is 195 Å². The van der Waals surface area contributed by atoms with E-state index in [9.17, 15) is 85.9 Å². The van der Waals surface area contributed by atoms with Crippen LogP contribution in [0, 0.1) is 0 Å². The normalized spacial score (nSPS) is 29.6. The Morgan fingerprint density at radius 1 is 0.519 bits per heavy atom. The third-order valence-corrected chi connectivity index (χ3v) is 12.5. The molecule has 4 aliphatic heterocycles. The standard InChI is InChI=1S/C51H52O26/c52-18-34-39(61)42(64)45(67)49(74-34)72-32-16-25(54)15-31-26(32)17-33(47(71-31)23-5-7-24(53)8-6-23)73-51-48(44(66)41(63)36(76-51)20-70-38(60)12-4-22-2-10-28(56)30(58)14-22)77-50-46(68)43(65)40(62)35(75-50)19-69-37(59)11-3-21-1-9-27(55)29(57)13-21/h1-17,34-36,39-46,48-53,55-58,61-68H,18-20H2/t34-,35-,36-,39+,40+,41+,42-,43-,44-,45+,46+,48-,49+,50-,51+/m0/s1. The van der Waals surface area contributed by atoms with Crippen molar-refractivity contribution in [3.05, 3.63) is 112 Å². The molecule has 3 saturated heterocycles. The summed E-state index contributed by atoms with van der Waals surface area (Å²) in [6.07, 6.45) is -24.4. The number of esters is 2. The molecular weight excluding hydrogens is 1030 g/mol. The number of hydrogen-bond acceptors (Lipinski definition) is 26. The van der Waals surface area contributed by atoms with Gasteiger partial charge in [-0.25, -0.2) is 9.59 Å². The molecule has 0 amide bonds. The van der Waals surface area contributed by atoms with Crippen molar-refractivity contribution in [1.82, 2.24) is 0 Å². The Morgan fingerprint density at radius 2 is 1.03 bits per heavy atom. The maximum absolute atomic E-state index is 13.1. The molecule has 3 aromatic carbocycles. The van der Waals surface area contributed by atoms with Gasteiger partial charge in [-0.15, -0.1) is 0 Å². The minimum Gasteiger partial charge on any atom is -0.508 e. The number of rotatable bonds is 16. The summed E-state index contributed by atoms with van der Waals surface area (Å²) in [5.74, 6) is -5.23. The van der Waals surface area contributed by atoms with Gasteiger partial charge in [0, 0.05) is 29.8 Å². The van der Waals surface area contributed by atoms with Crippen LogP contribution in [0.15, 0.2) is 100 Å². The SMILES string of the molecule is O=C(C=Cc1ccc(O)c(O)c1)OC[C@@H]1O[C@@H](O[C@@H]2[C@H](Oc3cc4c(O[C@@H]5O[C@@H](CO)[C@@H](O)[C@H](O)[C@H]5O)cc(=O)cc-4oc3-c3ccc(O)cc3)O[C@@H](COC(=O)C=Cc3ccc(O)c(O)c3)[C@@H](O)[C@@H]2O)[C@H](O)[C@@H](O)[C@@H]1O. The summed E-state index contributed by atoms with van der Waals surface area (Å²) < 4.78 is 52.4. The third-order valence-electron chi connectivity index (χ3n) is 12.5. The van der Waals surface area contributed by atoms with Crippen molar-refractivity contribution in [2.45, 2.75) is 92.1 Å². The summed E-state index contributed by atoms with van der Waals surface area (Å²) in [5, 5.41) is 147. The molecule has 0 unspecified atom stereocenters. The van der Waals surface area contributed by atoms with E-state index < -0.39 is 152 Å². The van der Waals surface area contributed by atoms with Crippen LogP contribution in [0.3, 0.4) is 0 Å². The molecule has 26 nitrogen and oxygen atoms in total. The van der Waals surface area contributed by atoms with Crippen molar-refractivity contribution in [1.29, 1.82) is 0 Å². The van der Waals surface area contributed by atoms with Gasteiger partial charge in [-0.3, -0.25) is 4.79 Å². The molecule has 412 valence electrons. The van der Waals surface area contributed by atoms with Gasteiger partial charge in [0.05, 0.1) is 12.2 Å². The number of aliphatic hydroxyl groups excluding tert-OH is 9. The number of phenols is 5. The molecule has 1 aliphatic carbocycles. The zero-order valence-electron chi connectivity index (χ0n) is 39.8. The fraction of sp³-hybridized carbons (Fsp3) is 0.353. The second kappa shape index (κ2) is 23.9. The zero-order chi connectivity index (χ0) is 55.4. The van der Waals surface area contributed by atoms with E-state index in [2.05, 4.69) is 0 Å². The fourth-order valence-electron chi connectivity index (χ4n) is 8.22. The number of benzene rings is 4. The summed E-state index contributed by atoms with van der Waals surface area (Å²) in [6, 6.07) is 15.8. The summed E-state index contributed by atoms with van der Waals surface area (Å²) >= 11 is 0. The predicted molar refractivity (Wildman–Crippen MR) is 255 cm³/mol. The van der Waals surface area contributed by atoms with Gasteiger partial charge in [0.1, 0.15) is 97.6 Å². The van der Waals surface area contributed by atoms with E-state index in [4.69, 9.17) is 42.3 Å². The number of aromatic hydroxyl groups is 5. The van der Waals surface area contributed by atoms with Crippen LogP contribution in [-0.2, 0) is 38.0 Å². The fourth-order valence-corrected chi connectivity index (χ4v) is 8.22. The Balaban J connectivity index is 1.12. The second-order valence-corrected chi connectivity index (χ2v) is 17.8. The lowest BCUT2D eigenvalue weighted by molar-refractivity contribution is -0.358. The molecule has 8 rings (SSSR count). The topological polar surface area (TPSA) is 421 Å². The molecule has 14 N–H and O–H groups in total. The molecule has 26 heteroatoms. The van der Waals surface area contributed by atoms with Crippen molar-refractivity contribution in [2.75, 3.05) is 19.8 Å². The Kier molecular flexibility index (Phi) is 17.3. The maximum atomic E-state index is 13.1. The number of ether oxygens (including phenoxy) is 8. The Morgan fingerprint density at radius 3 is 1.58 bits per heavy atom. The van der Waals surface area contributed by atoms with Gasteiger partial charge in [0.25, 0.3) is 0 Å². The van der Waals surface area contributed by atoms with Crippen LogP contribution in [0.5, 0.6) is 40.2 Å². The van der Waals surface area contributed by atoms with Gasteiger partial charge in [-0.05, 0) is 77.9 Å². The lowest BCUT2D eigenvalue weighted by Crippen LogP contribution is -2.65. The third kappa shape index (κ3) is 12.7. The molecule has 0 aromatic heterocycles. The quantitative estimate of drug-likeness (QED) is 0.0309. The number of fused-ring (bicyclic) bond motifs is 1. The molecule has 0 bridgehead atoms. The van der Waals surface area contributed by atoms with E-state index >= 15 is 0 Å². The number of carbonyl (C=O) groups excluding carboxylic acids is 2. The Bertz CT molecular complexity index is 2960. The van der Waals surface area contributed by atoms with Crippen LogP contribution in [0.1, 0.15) is 11.1 Å². The lowest BCUT2D eigenvalue weighted by Gasteiger charge is -2.46. The first-order valence-corrected chi connectivity index (χ1v) is 23.3. The highest BCUT2D eigenvalue weighted by Crippen LogP contribution is 2.44. The van der Waals surface area contributed by atoms with E-state index in [0.717, 1.165) is 36.4 Å². The molecule has 0 saturated carbocycles. The zero-order valence-corrected chi connectivity index (χ0v) is 39.8. The van der Waals surface area contributed by atoms with Gasteiger partial charge in [0.2, 0.25) is 12.6 Å². The molecule has 5 aliphatic rings. The molecule has 3 aromatic rings. The molecule has 77 heavy (non-hydrogen) atoms. The van der Waals surface area contributed by atoms with E-state index in [0.29, 0.717) is 0 Å². The molecule has 0 radical (unpaired) electrons. The molecule has 4 heterocycles. The predicted octanol–water partition coefficient (Wildman–Crippen LogP) is -1.35. The van der Waals surface area contributed by atoms with E-state index in [1.54, 1.807) is 0 Å². The molecular formula is C51H52O26. The van der Waals surface area contributed by atoms with Crippen LogP contribution in [0.2, 0.25) is 0 Å². The van der Waals surface area contributed by atoms with Gasteiger partial charge in [-0.2, -0.15) is 0 Å². The minimum atomic E-state index is -2.16. The van der Waals surface area contributed by atoms with Crippen LogP contribution in [0.25, 0.3) is 34.8 Å². The van der Waals surface area contributed by atoms with Crippen LogP contribution >= 0.6 is 0 Å². The summed E-state index contributed by atoms with van der Waals surface area (Å²) in [7, 11) is 0. The molecule has 3 fully saturated rings.